The van der Waals surface area contributed by atoms with Crippen molar-refractivity contribution in [1.29, 1.82) is 0 Å². The predicted octanol–water partition coefficient (Wildman–Crippen LogP) is 6.94. The molecule has 0 saturated carbocycles. The Bertz CT molecular complexity index is 1950. The molecule has 3 aromatic rings. The summed E-state index contributed by atoms with van der Waals surface area (Å²) < 4.78 is 40.7. The van der Waals surface area contributed by atoms with Gasteiger partial charge in [-0.05, 0) is 44.1 Å². The third-order valence-electron chi connectivity index (χ3n) is 11.9. The second-order valence-electron chi connectivity index (χ2n) is 16.9. The molecule has 11 atom stereocenters. The van der Waals surface area contributed by atoms with Crippen LogP contribution in [0.3, 0.4) is 0 Å². The molecule has 0 aliphatic carbocycles. The number of aliphatic hydroxyl groups excluding tert-OH is 2. The van der Waals surface area contributed by atoms with E-state index in [0.717, 1.165) is 0 Å². The van der Waals surface area contributed by atoms with Gasteiger partial charge in [-0.2, -0.15) is 0 Å². The number of ketones is 1. The number of Topliss-reactive ketones (excluding diaryl/α,β-unsaturated/α-hetero) is 1. The summed E-state index contributed by atoms with van der Waals surface area (Å²) in [6.45, 7) is 10.8. The summed E-state index contributed by atoms with van der Waals surface area (Å²) in [6, 6.07) is 0. The normalized spacial score (nSPS) is 24.2. The number of aromatic nitrogens is 3. The van der Waals surface area contributed by atoms with Crippen molar-refractivity contribution in [2.75, 3.05) is 21.3 Å². The van der Waals surface area contributed by atoms with E-state index in [0.29, 0.717) is 61.5 Å². The molecule has 3 aromatic heterocycles. The highest BCUT2D eigenvalue weighted by molar-refractivity contribution is 5.79. The van der Waals surface area contributed by atoms with Gasteiger partial charge in [0.15, 0.2) is 11.4 Å². The number of hydrogen-bond acceptors (Lipinski definition) is 16. The lowest BCUT2D eigenvalue weighted by Crippen LogP contribution is -2.39. The molecule has 1 amide bonds. The van der Waals surface area contributed by atoms with Crippen molar-refractivity contribution >= 4 is 30.2 Å². The number of fused-ring (bicyclic) bond motifs is 8. The molecular formula is C46H66N4O13. The predicted molar refractivity (Wildman–Crippen MR) is 230 cm³/mol. The van der Waals surface area contributed by atoms with Gasteiger partial charge in [-0.3, -0.25) is 19.2 Å². The number of cyclic esters (lactones) is 1. The highest BCUT2D eigenvalue weighted by atomic mass is 16.6. The molecule has 0 fully saturated rings. The molecule has 63 heavy (non-hydrogen) atoms. The van der Waals surface area contributed by atoms with Crippen LogP contribution in [-0.4, -0.2) is 112 Å². The molecule has 0 saturated heterocycles. The number of esters is 2. The number of oxazole rings is 3. The topological polar surface area (TPSA) is 227 Å². The number of aliphatic hydroxyl groups is 2. The lowest BCUT2D eigenvalue weighted by atomic mass is 9.83. The summed E-state index contributed by atoms with van der Waals surface area (Å²) in [5.41, 5.74) is 1.31. The van der Waals surface area contributed by atoms with E-state index in [4.69, 9.17) is 32.2 Å². The molecular weight excluding hydrogens is 817 g/mol. The second-order valence-corrected chi connectivity index (χ2v) is 16.9. The van der Waals surface area contributed by atoms with Crippen LogP contribution in [0, 0.1) is 23.7 Å². The van der Waals surface area contributed by atoms with Crippen LogP contribution in [-0.2, 0) is 38.1 Å². The van der Waals surface area contributed by atoms with Crippen molar-refractivity contribution in [3.63, 3.8) is 0 Å². The molecule has 4 heterocycles. The highest BCUT2D eigenvalue weighted by Crippen LogP contribution is 2.31. The summed E-state index contributed by atoms with van der Waals surface area (Å²) in [4.78, 5) is 64.4. The minimum Gasteiger partial charge on any atom is -0.462 e. The number of hydrogen-bond donors (Lipinski definition) is 2. The van der Waals surface area contributed by atoms with Crippen LogP contribution in [0.4, 0.5) is 0 Å². The number of rotatable bonds is 15. The fourth-order valence-corrected chi connectivity index (χ4v) is 7.81. The van der Waals surface area contributed by atoms with Gasteiger partial charge in [0.1, 0.15) is 36.8 Å². The largest absolute Gasteiger partial charge is 0.462 e. The number of methoxy groups -OCH3 is 2. The van der Waals surface area contributed by atoms with Crippen LogP contribution in [0.1, 0.15) is 117 Å². The first-order valence-corrected chi connectivity index (χ1v) is 21.7. The fourth-order valence-electron chi connectivity index (χ4n) is 7.81. The van der Waals surface area contributed by atoms with Gasteiger partial charge in [0.25, 0.3) is 0 Å². The van der Waals surface area contributed by atoms with Gasteiger partial charge in [-0.1, -0.05) is 46.8 Å². The molecule has 0 radical (unpaired) electrons. The standard InChI is InChI=1S/C46H66N4O13/c1-27(16-17-38(55)30(4)44(62-32(6)52)28(2)18-19-50(7)26-51)40(58-9)22-41-31(5)39(57-8)14-11-15-42-47-36(24-59-42)45-49-37(25-61-45)46-48-35(23-60-46)29(3)20-33(53)12-10-13-34(54)21-43(56)63-41/h11,15,18-19,23-31,34,38-41,44,54-55H,10,12-14,16-17,20-22H2,1-9H3/b15-11+,19-18+. The first-order valence-electron chi connectivity index (χ1n) is 21.7. The Morgan fingerprint density at radius 3 is 2.40 bits per heavy atom. The summed E-state index contributed by atoms with van der Waals surface area (Å²) in [5.74, 6) is -1.77. The first-order chi connectivity index (χ1) is 30.0. The van der Waals surface area contributed by atoms with E-state index >= 15 is 0 Å². The summed E-state index contributed by atoms with van der Waals surface area (Å²) >= 11 is 0. The van der Waals surface area contributed by atoms with Crippen LogP contribution in [0.2, 0.25) is 0 Å². The van der Waals surface area contributed by atoms with E-state index in [1.807, 2.05) is 40.7 Å². The van der Waals surface area contributed by atoms with E-state index < -0.39 is 54.5 Å². The molecule has 4 rings (SSSR count). The quantitative estimate of drug-likeness (QED) is 0.116. The maximum atomic E-state index is 13.5. The third-order valence-corrected chi connectivity index (χ3v) is 11.9. The number of carbonyl (C=O) groups excluding carboxylic acids is 4. The SMILES string of the molecule is COC(CC1OC(=O)CC(O)CCCC(=O)CC(C)c2coc(n2)-c2coc(n2)-c2coc(n2)/C=C/CC(OC)C1C)C(C)CCC(O)C(C)C(OC(C)=O)C(C)/C=C/N(C)C=O. The van der Waals surface area contributed by atoms with Gasteiger partial charge < -0.3 is 47.3 Å². The molecule has 11 unspecified atom stereocenters. The number of carbonyl (C=O) groups is 4. The molecule has 17 heteroatoms. The maximum absolute atomic E-state index is 13.5. The van der Waals surface area contributed by atoms with Gasteiger partial charge in [-0.25, -0.2) is 15.0 Å². The Hall–Kier alpha value is -4.97. The van der Waals surface area contributed by atoms with E-state index in [-0.39, 0.29) is 66.9 Å². The van der Waals surface area contributed by atoms with Gasteiger partial charge in [0.2, 0.25) is 24.1 Å². The Balaban J connectivity index is 1.51. The van der Waals surface area contributed by atoms with Crippen molar-refractivity contribution in [3.8, 4) is 23.2 Å². The van der Waals surface area contributed by atoms with Crippen molar-refractivity contribution in [1.82, 2.24) is 19.9 Å². The van der Waals surface area contributed by atoms with Gasteiger partial charge in [-0.15, -0.1) is 0 Å². The average molecular weight is 883 g/mol. The maximum Gasteiger partial charge on any atom is 0.308 e. The molecule has 6 bridgehead atoms. The zero-order valence-corrected chi connectivity index (χ0v) is 38.0. The van der Waals surface area contributed by atoms with Crippen molar-refractivity contribution in [2.24, 2.45) is 23.7 Å². The number of nitrogens with zero attached hydrogens (tertiary/aromatic N) is 4. The Morgan fingerprint density at radius 2 is 1.70 bits per heavy atom. The van der Waals surface area contributed by atoms with Crippen LogP contribution in [0.5, 0.6) is 0 Å². The van der Waals surface area contributed by atoms with Gasteiger partial charge in [0, 0.05) is 77.3 Å². The van der Waals surface area contributed by atoms with Crippen molar-refractivity contribution in [3.05, 3.63) is 48.7 Å². The number of ether oxygens (including phenoxy) is 4. The zero-order valence-electron chi connectivity index (χ0n) is 38.0. The van der Waals surface area contributed by atoms with Crippen molar-refractivity contribution < 1.29 is 61.6 Å². The Morgan fingerprint density at radius 1 is 1.00 bits per heavy atom. The lowest BCUT2D eigenvalue weighted by Gasteiger charge is -2.34. The summed E-state index contributed by atoms with van der Waals surface area (Å²) in [5, 5.41) is 22.2. The third kappa shape index (κ3) is 15.4. The minimum absolute atomic E-state index is 0.0113. The summed E-state index contributed by atoms with van der Waals surface area (Å²) in [7, 11) is 4.77. The van der Waals surface area contributed by atoms with Gasteiger partial charge in [0.05, 0.1) is 36.5 Å². The number of amides is 1. The summed E-state index contributed by atoms with van der Waals surface area (Å²) in [6.07, 6.45) is 10.2. The van der Waals surface area contributed by atoms with Crippen LogP contribution in [0.25, 0.3) is 29.2 Å². The van der Waals surface area contributed by atoms with Crippen molar-refractivity contribution in [2.45, 2.75) is 142 Å². The molecule has 1 aliphatic heterocycles. The van der Waals surface area contributed by atoms with E-state index in [1.54, 1.807) is 39.6 Å². The lowest BCUT2D eigenvalue weighted by molar-refractivity contribution is -0.160. The van der Waals surface area contributed by atoms with Crippen LogP contribution in [0.15, 0.2) is 50.4 Å². The molecule has 17 nitrogen and oxygen atoms in total. The molecule has 348 valence electrons. The highest BCUT2D eigenvalue weighted by Gasteiger charge is 2.35. The molecule has 0 spiro atoms. The minimum atomic E-state index is -1.02. The first kappa shape index (κ1) is 50.7. The molecule has 1 aliphatic rings. The van der Waals surface area contributed by atoms with Crippen LogP contribution < -0.4 is 0 Å². The molecule has 0 aromatic carbocycles. The van der Waals surface area contributed by atoms with E-state index in [2.05, 4.69) is 15.0 Å². The fraction of sp³-hybridized carbons (Fsp3) is 0.630. The Kier molecular flexibility index (Phi) is 19.9. The van der Waals surface area contributed by atoms with Crippen LogP contribution >= 0.6 is 0 Å². The monoisotopic (exact) mass is 882 g/mol. The molecule has 2 N–H and O–H groups in total. The zero-order chi connectivity index (χ0) is 46.2. The van der Waals surface area contributed by atoms with Gasteiger partial charge >= 0.3 is 11.9 Å². The van der Waals surface area contributed by atoms with E-state index in [1.165, 1.54) is 30.6 Å². The Labute approximate surface area is 369 Å². The van der Waals surface area contributed by atoms with E-state index in [9.17, 15) is 29.4 Å². The smallest absolute Gasteiger partial charge is 0.308 e. The second kappa shape index (κ2) is 24.8. The average Bonchev–Trinajstić information content (AvgIpc) is 4.05.